The lowest BCUT2D eigenvalue weighted by Crippen LogP contribution is -2.27. The van der Waals surface area contributed by atoms with Crippen LogP contribution < -0.4 is 0 Å². The number of carbonyl (C=O) groups excluding carboxylic acids is 1. The standard InChI is InChI=1S/C14H25NO3.ClH/c16-14(12-18-13-6-2-1-3-7-13)17-11-10-15-8-4-5-9-15;/h13H,1-12H2;1H. The number of esters is 1. The predicted octanol–water partition coefficient (Wildman–Crippen LogP) is 2.40. The molecule has 1 aliphatic heterocycles. The molecule has 2 aliphatic rings. The number of nitrogens with zero attached hydrogens (tertiary/aromatic N) is 1. The maximum atomic E-state index is 11.5. The molecule has 0 bridgehead atoms. The van der Waals surface area contributed by atoms with Gasteiger partial charge in [-0.05, 0) is 38.8 Å². The van der Waals surface area contributed by atoms with E-state index >= 15 is 0 Å². The topological polar surface area (TPSA) is 38.8 Å². The summed E-state index contributed by atoms with van der Waals surface area (Å²) in [6, 6.07) is 0. The molecule has 2 rings (SSSR count). The van der Waals surface area contributed by atoms with Crippen molar-refractivity contribution in [1.29, 1.82) is 0 Å². The minimum atomic E-state index is -0.209. The third-order valence-corrected chi connectivity index (χ3v) is 3.86. The van der Waals surface area contributed by atoms with E-state index in [1.54, 1.807) is 0 Å². The molecule has 0 aromatic carbocycles. The zero-order valence-electron chi connectivity index (χ0n) is 11.6. The quantitative estimate of drug-likeness (QED) is 0.705. The highest BCUT2D eigenvalue weighted by molar-refractivity contribution is 5.85. The van der Waals surface area contributed by atoms with Gasteiger partial charge >= 0.3 is 5.97 Å². The third kappa shape index (κ3) is 6.59. The molecule has 0 aromatic heterocycles. The minimum Gasteiger partial charge on any atom is -0.463 e. The van der Waals surface area contributed by atoms with Crippen molar-refractivity contribution in [3.63, 3.8) is 0 Å². The Kier molecular flexibility index (Phi) is 8.42. The lowest BCUT2D eigenvalue weighted by Gasteiger charge is -2.21. The zero-order chi connectivity index (χ0) is 12.6. The average molecular weight is 292 g/mol. The van der Waals surface area contributed by atoms with E-state index in [1.165, 1.54) is 32.1 Å². The first kappa shape index (κ1) is 16.7. The molecule has 0 atom stereocenters. The smallest absolute Gasteiger partial charge is 0.332 e. The van der Waals surface area contributed by atoms with E-state index in [0.29, 0.717) is 6.61 Å². The fraction of sp³-hybridized carbons (Fsp3) is 0.929. The molecule has 0 aromatic rings. The first-order chi connectivity index (χ1) is 8.84. The molecule has 0 spiro atoms. The first-order valence-corrected chi connectivity index (χ1v) is 7.34. The van der Waals surface area contributed by atoms with Crippen LogP contribution in [-0.4, -0.2) is 49.8 Å². The highest BCUT2D eigenvalue weighted by Crippen LogP contribution is 2.20. The highest BCUT2D eigenvalue weighted by atomic mass is 35.5. The maximum Gasteiger partial charge on any atom is 0.332 e. The van der Waals surface area contributed by atoms with Crippen LogP contribution in [0.2, 0.25) is 0 Å². The summed E-state index contributed by atoms with van der Waals surface area (Å²) >= 11 is 0. The molecular formula is C14H26ClNO3. The van der Waals surface area contributed by atoms with Gasteiger partial charge in [0.25, 0.3) is 0 Å². The molecule has 0 amide bonds. The van der Waals surface area contributed by atoms with Crippen molar-refractivity contribution in [3.8, 4) is 0 Å². The fourth-order valence-corrected chi connectivity index (χ4v) is 2.75. The van der Waals surface area contributed by atoms with E-state index in [-0.39, 0.29) is 31.1 Å². The van der Waals surface area contributed by atoms with E-state index in [4.69, 9.17) is 9.47 Å². The second-order valence-corrected chi connectivity index (χ2v) is 5.34. The van der Waals surface area contributed by atoms with Crippen LogP contribution in [0.4, 0.5) is 0 Å². The van der Waals surface area contributed by atoms with E-state index in [0.717, 1.165) is 32.5 Å². The number of halogens is 1. The molecule has 4 nitrogen and oxygen atoms in total. The average Bonchev–Trinajstić information content (AvgIpc) is 2.91. The van der Waals surface area contributed by atoms with Gasteiger partial charge in [-0.2, -0.15) is 0 Å². The Hall–Kier alpha value is -0.320. The Morgan fingerprint density at radius 3 is 2.42 bits per heavy atom. The van der Waals surface area contributed by atoms with Crippen LogP contribution in [0.15, 0.2) is 0 Å². The van der Waals surface area contributed by atoms with Crippen molar-refractivity contribution in [2.24, 2.45) is 0 Å². The molecule has 1 aliphatic carbocycles. The molecule has 5 heteroatoms. The highest BCUT2D eigenvalue weighted by Gasteiger charge is 2.16. The fourth-order valence-electron chi connectivity index (χ4n) is 2.75. The molecule has 1 heterocycles. The Labute approximate surface area is 122 Å². The van der Waals surface area contributed by atoms with Crippen molar-refractivity contribution in [1.82, 2.24) is 4.90 Å². The summed E-state index contributed by atoms with van der Waals surface area (Å²) < 4.78 is 10.8. The largest absolute Gasteiger partial charge is 0.463 e. The normalized spacial score (nSPS) is 21.1. The van der Waals surface area contributed by atoms with Gasteiger partial charge in [0.1, 0.15) is 13.2 Å². The molecule has 0 radical (unpaired) electrons. The molecular weight excluding hydrogens is 266 g/mol. The Morgan fingerprint density at radius 2 is 1.74 bits per heavy atom. The monoisotopic (exact) mass is 291 g/mol. The van der Waals surface area contributed by atoms with Gasteiger partial charge in [0.2, 0.25) is 0 Å². The zero-order valence-corrected chi connectivity index (χ0v) is 12.5. The summed E-state index contributed by atoms with van der Waals surface area (Å²) in [5, 5.41) is 0. The summed E-state index contributed by atoms with van der Waals surface area (Å²) in [4.78, 5) is 13.8. The number of hydrogen-bond donors (Lipinski definition) is 0. The number of ether oxygens (including phenoxy) is 2. The number of rotatable bonds is 6. The third-order valence-electron chi connectivity index (χ3n) is 3.86. The van der Waals surface area contributed by atoms with Gasteiger partial charge < -0.3 is 9.47 Å². The van der Waals surface area contributed by atoms with Crippen LogP contribution in [0.1, 0.15) is 44.9 Å². The van der Waals surface area contributed by atoms with Crippen LogP contribution in [0, 0.1) is 0 Å². The molecule has 0 N–H and O–H groups in total. The van der Waals surface area contributed by atoms with Crippen molar-refractivity contribution >= 4 is 18.4 Å². The van der Waals surface area contributed by atoms with Gasteiger partial charge in [0.15, 0.2) is 0 Å². The second-order valence-electron chi connectivity index (χ2n) is 5.34. The molecule has 112 valence electrons. The molecule has 1 saturated heterocycles. The van der Waals surface area contributed by atoms with Gasteiger partial charge in [-0.3, -0.25) is 4.90 Å². The molecule has 19 heavy (non-hydrogen) atoms. The summed E-state index contributed by atoms with van der Waals surface area (Å²) in [5.74, 6) is -0.209. The molecule has 1 saturated carbocycles. The van der Waals surface area contributed by atoms with Crippen molar-refractivity contribution < 1.29 is 14.3 Å². The van der Waals surface area contributed by atoms with Crippen molar-refractivity contribution in [2.45, 2.75) is 51.0 Å². The van der Waals surface area contributed by atoms with Crippen LogP contribution in [0.5, 0.6) is 0 Å². The van der Waals surface area contributed by atoms with E-state index in [9.17, 15) is 4.79 Å². The summed E-state index contributed by atoms with van der Waals surface area (Å²) in [6.07, 6.45) is 8.80. The SMILES string of the molecule is Cl.O=C(COC1CCCCC1)OCCN1CCCC1. The number of carbonyl (C=O) groups is 1. The summed E-state index contributed by atoms with van der Waals surface area (Å²) in [7, 11) is 0. The van der Waals surface area contributed by atoms with Gasteiger partial charge in [-0.15, -0.1) is 12.4 Å². The van der Waals surface area contributed by atoms with Crippen LogP contribution in [0.25, 0.3) is 0 Å². The Bertz CT molecular complexity index is 251. The summed E-state index contributed by atoms with van der Waals surface area (Å²) in [6.45, 7) is 3.80. The first-order valence-electron chi connectivity index (χ1n) is 7.34. The Balaban J connectivity index is 0.00000180. The lowest BCUT2D eigenvalue weighted by molar-refractivity contribution is -0.152. The molecule has 2 fully saturated rings. The van der Waals surface area contributed by atoms with Gasteiger partial charge in [0, 0.05) is 6.54 Å². The second kappa shape index (κ2) is 9.56. The Morgan fingerprint density at radius 1 is 1.05 bits per heavy atom. The predicted molar refractivity (Wildman–Crippen MR) is 76.7 cm³/mol. The van der Waals surface area contributed by atoms with Crippen molar-refractivity contribution in [3.05, 3.63) is 0 Å². The van der Waals surface area contributed by atoms with Gasteiger partial charge in [-0.1, -0.05) is 19.3 Å². The van der Waals surface area contributed by atoms with E-state index < -0.39 is 0 Å². The van der Waals surface area contributed by atoms with Gasteiger partial charge in [0.05, 0.1) is 6.10 Å². The maximum absolute atomic E-state index is 11.5. The van der Waals surface area contributed by atoms with Crippen LogP contribution in [-0.2, 0) is 14.3 Å². The lowest BCUT2D eigenvalue weighted by atomic mass is 9.98. The van der Waals surface area contributed by atoms with Gasteiger partial charge in [-0.25, -0.2) is 4.79 Å². The van der Waals surface area contributed by atoms with Crippen LogP contribution >= 0.6 is 12.4 Å². The van der Waals surface area contributed by atoms with E-state index in [1.807, 2.05) is 0 Å². The van der Waals surface area contributed by atoms with Crippen LogP contribution in [0.3, 0.4) is 0 Å². The summed E-state index contributed by atoms with van der Waals surface area (Å²) in [5.41, 5.74) is 0. The minimum absolute atomic E-state index is 0. The number of likely N-dealkylation sites (tertiary alicyclic amines) is 1. The van der Waals surface area contributed by atoms with Crippen molar-refractivity contribution in [2.75, 3.05) is 32.8 Å². The molecule has 0 unspecified atom stereocenters. The number of hydrogen-bond acceptors (Lipinski definition) is 4. The van der Waals surface area contributed by atoms with E-state index in [2.05, 4.69) is 4.90 Å².